The van der Waals surface area contributed by atoms with E-state index >= 15 is 0 Å². The number of para-hydroxylation sites is 1. The average molecular weight is 332 g/mol. The molecule has 4 rings (SSSR count). The number of nitrogens with zero attached hydrogens (tertiary/aromatic N) is 1. The summed E-state index contributed by atoms with van der Waals surface area (Å²) in [7, 11) is -1.83. The third-order valence-corrected chi connectivity index (χ3v) is 4.15. The summed E-state index contributed by atoms with van der Waals surface area (Å²) in [6.07, 6.45) is 0. The van der Waals surface area contributed by atoms with Crippen molar-refractivity contribution in [1.82, 2.24) is 9.97 Å². The molecule has 0 fully saturated rings. The van der Waals surface area contributed by atoms with Gasteiger partial charge in [-0.25, -0.2) is 9.37 Å². The Morgan fingerprint density at radius 2 is 1.68 bits per heavy atom. The number of hydrogen-bond donors (Lipinski definition) is 3. The summed E-state index contributed by atoms with van der Waals surface area (Å²) in [6, 6.07) is 19.7. The van der Waals surface area contributed by atoms with Crippen molar-refractivity contribution < 1.29 is 14.4 Å². The van der Waals surface area contributed by atoms with E-state index in [9.17, 15) is 4.39 Å². The van der Waals surface area contributed by atoms with Gasteiger partial charge in [0.2, 0.25) is 0 Å². The lowest BCUT2D eigenvalue weighted by atomic mass is 9.79. The Hall–Kier alpha value is -2.96. The molecule has 0 atom stereocenters. The second kappa shape index (κ2) is 6.16. The van der Waals surface area contributed by atoms with E-state index in [-0.39, 0.29) is 5.46 Å². The van der Waals surface area contributed by atoms with Gasteiger partial charge in [0, 0.05) is 16.6 Å². The lowest BCUT2D eigenvalue weighted by molar-refractivity contribution is 0.423. The Morgan fingerprint density at radius 3 is 2.40 bits per heavy atom. The molecule has 1 aromatic heterocycles. The highest BCUT2D eigenvalue weighted by Gasteiger charge is 2.18. The Balaban J connectivity index is 1.86. The van der Waals surface area contributed by atoms with Gasteiger partial charge in [-0.05, 0) is 17.7 Å². The van der Waals surface area contributed by atoms with Crippen molar-refractivity contribution in [2.75, 3.05) is 0 Å². The minimum Gasteiger partial charge on any atom is -0.423 e. The summed E-state index contributed by atoms with van der Waals surface area (Å²) < 4.78 is 14.1. The predicted octanol–water partition coefficient (Wildman–Crippen LogP) is 2.72. The van der Waals surface area contributed by atoms with Crippen molar-refractivity contribution in [3.05, 3.63) is 72.5 Å². The SMILES string of the molecule is OB(O)c1ccc(-c2cccc3nc(-c4ccccc4)[nH]c23)cc1F. The average Bonchev–Trinajstić information content (AvgIpc) is 3.06. The molecule has 6 heteroatoms. The molecule has 0 aliphatic rings. The summed E-state index contributed by atoms with van der Waals surface area (Å²) >= 11 is 0. The first-order valence-electron chi connectivity index (χ1n) is 7.83. The van der Waals surface area contributed by atoms with Crippen molar-refractivity contribution in [2.45, 2.75) is 0 Å². The number of hydrogen-bond acceptors (Lipinski definition) is 3. The highest BCUT2D eigenvalue weighted by atomic mass is 19.1. The third-order valence-electron chi connectivity index (χ3n) is 4.15. The molecule has 122 valence electrons. The van der Waals surface area contributed by atoms with Crippen molar-refractivity contribution in [3.63, 3.8) is 0 Å². The summed E-state index contributed by atoms with van der Waals surface area (Å²) in [5, 5.41) is 18.3. The number of H-pyrrole nitrogens is 1. The number of rotatable bonds is 3. The maximum absolute atomic E-state index is 14.1. The maximum Gasteiger partial charge on any atom is 0.491 e. The number of halogens is 1. The molecule has 0 saturated heterocycles. The zero-order valence-electron chi connectivity index (χ0n) is 13.1. The third kappa shape index (κ3) is 2.82. The topological polar surface area (TPSA) is 69.1 Å². The highest BCUT2D eigenvalue weighted by Crippen LogP contribution is 2.29. The van der Waals surface area contributed by atoms with Crippen LogP contribution >= 0.6 is 0 Å². The van der Waals surface area contributed by atoms with E-state index in [2.05, 4.69) is 9.97 Å². The molecule has 4 nitrogen and oxygen atoms in total. The predicted molar refractivity (Wildman–Crippen MR) is 96.7 cm³/mol. The zero-order valence-corrected chi connectivity index (χ0v) is 13.1. The number of benzene rings is 3. The van der Waals surface area contributed by atoms with Crippen LogP contribution in [-0.4, -0.2) is 27.1 Å². The molecule has 1 heterocycles. The van der Waals surface area contributed by atoms with Gasteiger partial charge in [-0.15, -0.1) is 0 Å². The molecule has 0 aliphatic carbocycles. The monoisotopic (exact) mass is 332 g/mol. The van der Waals surface area contributed by atoms with Gasteiger partial charge in [-0.1, -0.05) is 54.6 Å². The lowest BCUT2D eigenvalue weighted by Gasteiger charge is -2.06. The molecule has 0 spiro atoms. The normalized spacial score (nSPS) is 11.0. The Kier molecular flexibility index (Phi) is 3.84. The van der Waals surface area contributed by atoms with Crippen LogP contribution in [0.5, 0.6) is 0 Å². The fourth-order valence-electron chi connectivity index (χ4n) is 2.91. The Morgan fingerprint density at radius 1 is 0.880 bits per heavy atom. The standard InChI is InChI=1S/C19H14BFN2O2/c21-16-11-13(9-10-15(16)20(24)25)14-7-4-8-17-18(14)23-19(22-17)12-5-2-1-3-6-12/h1-11,24-25H,(H,22,23). The first-order chi connectivity index (χ1) is 12.1. The number of nitrogens with one attached hydrogen (secondary N) is 1. The molecule has 0 radical (unpaired) electrons. The first-order valence-corrected chi connectivity index (χ1v) is 7.83. The van der Waals surface area contributed by atoms with Crippen molar-refractivity contribution in [1.29, 1.82) is 0 Å². The fraction of sp³-hybridized carbons (Fsp3) is 0. The molecular formula is C19H14BFN2O2. The van der Waals surface area contributed by atoms with Gasteiger partial charge in [-0.2, -0.15) is 0 Å². The number of aromatic amines is 1. The smallest absolute Gasteiger partial charge is 0.423 e. The van der Waals surface area contributed by atoms with Crippen molar-refractivity contribution in [3.8, 4) is 22.5 Å². The number of aromatic nitrogens is 2. The summed E-state index contributed by atoms with van der Waals surface area (Å²) in [5.41, 5.74) is 3.84. The quantitative estimate of drug-likeness (QED) is 0.505. The van der Waals surface area contributed by atoms with E-state index in [0.29, 0.717) is 5.56 Å². The van der Waals surface area contributed by atoms with E-state index in [1.54, 1.807) is 6.07 Å². The van der Waals surface area contributed by atoms with Crippen LogP contribution in [0.2, 0.25) is 0 Å². The Bertz CT molecular complexity index is 1050. The second-order valence-corrected chi connectivity index (χ2v) is 5.76. The van der Waals surface area contributed by atoms with Gasteiger partial charge < -0.3 is 15.0 Å². The lowest BCUT2D eigenvalue weighted by Crippen LogP contribution is -2.32. The molecule has 3 aromatic carbocycles. The van der Waals surface area contributed by atoms with Crippen LogP contribution in [-0.2, 0) is 0 Å². The van der Waals surface area contributed by atoms with Crippen LogP contribution in [0, 0.1) is 5.82 Å². The first kappa shape index (κ1) is 15.6. The molecular weight excluding hydrogens is 318 g/mol. The van der Waals surface area contributed by atoms with Crippen LogP contribution < -0.4 is 5.46 Å². The summed E-state index contributed by atoms with van der Waals surface area (Å²) in [4.78, 5) is 7.91. The van der Waals surface area contributed by atoms with E-state index < -0.39 is 12.9 Å². The van der Waals surface area contributed by atoms with Gasteiger partial charge in [0.05, 0.1) is 11.0 Å². The minimum atomic E-state index is -1.83. The van der Waals surface area contributed by atoms with E-state index in [0.717, 1.165) is 28.0 Å². The minimum absolute atomic E-state index is 0.148. The Labute approximate surface area is 143 Å². The molecule has 0 unspecified atom stereocenters. The van der Waals surface area contributed by atoms with Crippen molar-refractivity contribution >= 4 is 23.6 Å². The zero-order chi connectivity index (χ0) is 17.4. The molecule has 4 aromatic rings. The van der Waals surface area contributed by atoms with Gasteiger partial charge >= 0.3 is 7.12 Å². The summed E-state index contributed by atoms with van der Waals surface area (Å²) in [6.45, 7) is 0. The summed E-state index contributed by atoms with van der Waals surface area (Å²) in [5.74, 6) is 0.0817. The van der Waals surface area contributed by atoms with Gasteiger partial charge in [0.25, 0.3) is 0 Å². The molecule has 0 aliphatic heterocycles. The van der Waals surface area contributed by atoms with Crippen LogP contribution in [0.4, 0.5) is 4.39 Å². The van der Waals surface area contributed by atoms with Gasteiger partial charge in [0.15, 0.2) is 0 Å². The number of fused-ring (bicyclic) bond motifs is 1. The largest absolute Gasteiger partial charge is 0.491 e. The van der Waals surface area contributed by atoms with Crippen LogP contribution in [0.15, 0.2) is 66.7 Å². The van der Waals surface area contributed by atoms with E-state index in [1.807, 2.05) is 48.5 Å². The van der Waals surface area contributed by atoms with Crippen molar-refractivity contribution in [2.24, 2.45) is 0 Å². The van der Waals surface area contributed by atoms with Crippen LogP contribution in [0.25, 0.3) is 33.5 Å². The fourth-order valence-corrected chi connectivity index (χ4v) is 2.91. The second-order valence-electron chi connectivity index (χ2n) is 5.76. The molecule has 0 bridgehead atoms. The maximum atomic E-state index is 14.1. The van der Waals surface area contributed by atoms with Gasteiger partial charge in [-0.3, -0.25) is 0 Å². The van der Waals surface area contributed by atoms with Crippen LogP contribution in [0.3, 0.4) is 0 Å². The highest BCUT2D eigenvalue weighted by molar-refractivity contribution is 6.58. The molecule has 3 N–H and O–H groups in total. The van der Waals surface area contributed by atoms with E-state index in [1.165, 1.54) is 12.1 Å². The molecule has 0 amide bonds. The molecule has 25 heavy (non-hydrogen) atoms. The van der Waals surface area contributed by atoms with Crippen LogP contribution in [0.1, 0.15) is 0 Å². The number of imidazole rings is 1. The molecule has 0 saturated carbocycles. The van der Waals surface area contributed by atoms with Gasteiger partial charge in [0.1, 0.15) is 11.6 Å². The van der Waals surface area contributed by atoms with E-state index in [4.69, 9.17) is 10.0 Å².